The minimum atomic E-state index is 0.213. The van der Waals surface area contributed by atoms with Gasteiger partial charge in [-0.25, -0.2) is 4.99 Å². The fraction of sp³-hybridized carbons (Fsp3) is 0.125. The molecule has 4 nitrogen and oxygen atoms in total. The van der Waals surface area contributed by atoms with Crippen molar-refractivity contribution in [3.05, 3.63) is 45.7 Å². The second kappa shape index (κ2) is 6.85. The van der Waals surface area contributed by atoms with Gasteiger partial charge in [0.25, 0.3) is 0 Å². The van der Waals surface area contributed by atoms with Crippen LogP contribution < -0.4 is 5.32 Å². The summed E-state index contributed by atoms with van der Waals surface area (Å²) in [5.74, 6) is 0.213. The average molecular weight is 300 g/mol. The lowest BCUT2D eigenvalue weighted by atomic mass is 10.3. The van der Waals surface area contributed by atoms with Crippen LogP contribution in [0.15, 0.2) is 40.9 Å². The van der Waals surface area contributed by atoms with E-state index in [0.29, 0.717) is 10.6 Å². The number of nitrogens with one attached hydrogen (secondary N) is 1. The van der Waals surface area contributed by atoms with Crippen molar-refractivity contribution in [1.82, 2.24) is 0 Å². The zero-order valence-electron chi connectivity index (χ0n) is 11.8. The van der Waals surface area contributed by atoms with Crippen LogP contribution >= 0.6 is 11.3 Å². The average Bonchev–Trinajstić information content (AvgIpc) is 2.82. The second-order valence-corrected chi connectivity index (χ2v) is 5.80. The Labute approximate surface area is 127 Å². The summed E-state index contributed by atoms with van der Waals surface area (Å²) in [6, 6.07) is 8.54. The normalized spacial score (nSPS) is 10.6. The van der Waals surface area contributed by atoms with Gasteiger partial charge in [-0.3, -0.25) is 4.79 Å². The van der Waals surface area contributed by atoms with E-state index in [-0.39, 0.29) is 5.75 Å². The fourth-order valence-corrected chi connectivity index (χ4v) is 2.67. The Kier molecular flexibility index (Phi) is 4.90. The highest BCUT2D eigenvalue weighted by atomic mass is 32.1. The molecule has 0 aliphatic rings. The maximum absolute atomic E-state index is 11.1. The standard InChI is InChI=1S/C16H16N2O2S/c1-11(2)7-14-8-15(16(9-19)21-14)18-10-17-12-3-5-13(20)6-4-12/h3-10,20H,1-2H3,(H,17,18). The first kappa shape index (κ1) is 15.0. The summed E-state index contributed by atoms with van der Waals surface area (Å²) in [4.78, 5) is 16.9. The Morgan fingerprint density at radius 1 is 1.29 bits per heavy atom. The van der Waals surface area contributed by atoms with Crippen molar-refractivity contribution in [3.63, 3.8) is 0 Å². The number of anilines is 1. The lowest BCUT2D eigenvalue weighted by molar-refractivity contribution is 0.112. The van der Waals surface area contributed by atoms with Gasteiger partial charge >= 0.3 is 0 Å². The highest BCUT2D eigenvalue weighted by Crippen LogP contribution is 2.29. The predicted octanol–water partition coefficient (Wildman–Crippen LogP) is 4.46. The topological polar surface area (TPSA) is 61.7 Å². The van der Waals surface area contributed by atoms with E-state index in [0.717, 1.165) is 16.9 Å². The maximum atomic E-state index is 11.1. The van der Waals surface area contributed by atoms with Crippen LogP contribution in [0.25, 0.3) is 6.08 Å². The number of aldehydes is 1. The second-order valence-electron chi connectivity index (χ2n) is 4.69. The Morgan fingerprint density at radius 2 is 2.00 bits per heavy atom. The van der Waals surface area contributed by atoms with Gasteiger partial charge in [0, 0.05) is 10.6 Å². The molecule has 0 atom stereocenters. The molecular weight excluding hydrogens is 284 g/mol. The number of hydrogen-bond donors (Lipinski definition) is 2. The largest absolute Gasteiger partial charge is 0.508 e. The van der Waals surface area contributed by atoms with Crippen molar-refractivity contribution >= 4 is 41.4 Å². The number of carbonyl (C=O) groups excluding carboxylic acids is 1. The maximum Gasteiger partial charge on any atom is 0.162 e. The number of thiophene rings is 1. The molecule has 0 spiro atoms. The van der Waals surface area contributed by atoms with Crippen molar-refractivity contribution in [2.24, 2.45) is 4.99 Å². The molecule has 0 saturated heterocycles. The molecule has 1 heterocycles. The van der Waals surface area contributed by atoms with E-state index in [1.807, 2.05) is 26.0 Å². The van der Waals surface area contributed by atoms with Crippen LogP contribution in [0.3, 0.4) is 0 Å². The van der Waals surface area contributed by atoms with Crippen molar-refractivity contribution in [3.8, 4) is 5.75 Å². The summed E-state index contributed by atoms with van der Waals surface area (Å²) >= 11 is 1.42. The molecule has 0 radical (unpaired) electrons. The zero-order chi connectivity index (χ0) is 15.2. The highest BCUT2D eigenvalue weighted by molar-refractivity contribution is 7.15. The first-order valence-corrected chi connectivity index (χ1v) is 7.22. The molecular formula is C16H16N2O2S. The van der Waals surface area contributed by atoms with Gasteiger partial charge in [0.1, 0.15) is 5.75 Å². The Morgan fingerprint density at radius 3 is 2.62 bits per heavy atom. The Hall–Kier alpha value is -2.40. The third kappa shape index (κ3) is 4.29. The molecule has 0 bridgehead atoms. The Bertz CT molecular complexity index is 681. The quantitative estimate of drug-likeness (QED) is 0.371. The smallest absolute Gasteiger partial charge is 0.162 e. The minimum Gasteiger partial charge on any atom is -0.508 e. The summed E-state index contributed by atoms with van der Waals surface area (Å²) in [5, 5.41) is 12.2. The molecule has 0 aliphatic heterocycles. The number of aromatic hydroxyl groups is 1. The van der Waals surface area contributed by atoms with Crippen molar-refractivity contribution in [1.29, 1.82) is 0 Å². The van der Waals surface area contributed by atoms with Gasteiger partial charge in [-0.2, -0.15) is 0 Å². The summed E-state index contributed by atoms with van der Waals surface area (Å²) < 4.78 is 0. The van der Waals surface area contributed by atoms with Crippen molar-refractivity contribution < 1.29 is 9.90 Å². The number of carbonyl (C=O) groups is 1. The number of phenols is 1. The third-order valence-corrected chi connectivity index (χ3v) is 3.60. The van der Waals surface area contributed by atoms with Gasteiger partial charge in [-0.1, -0.05) is 5.57 Å². The van der Waals surface area contributed by atoms with E-state index in [9.17, 15) is 9.90 Å². The van der Waals surface area contributed by atoms with E-state index < -0.39 is 0 Å². The van der Waals surface area contributed by atoms with Gasteiger partial charge < -0.3 is 10.4 Å². The number of aliphatic imine (C=N–C) groups is 1. The fourth-order valence-electron chi connectivity index (χ4n) is 1.69. The summed E-state index contributed by atoms with van der Waals surface area (Å²) in [7, 11) is 0. The predicted molar refractivity (Wildman–Crippen MR) is 88.9 cm³/mol. The van der Waals surface area contributed by atoms with E-state index in [4.69, 9.17) is 0 Å². The number of allylic oxidation sites excluding steroid dienone is 1. The van der Waals surface area contributed by atoms with Gasteiger partial charge in [0.15, 0.2) is 6.29 Å². The number of hydrogen-bond acceptors (Lipinski definition) is 4. The van der Waals surface area contributed by atoms with Gasteiger partial charge in [-0.05, 0) is 50.3 Å². The molecule has 0 saturated carbocycles. The van der Waals surface area contributed by atoms with Crippen LogP contribution in [0.4, 0.5) is 11.4 Å². The minimum absolute atomic E-state index is 0.213. The van der Waals surface area contributed by atoms with E-state index in [1.54, 1.807) is 24.3 Å². The van der Waals surface area contributed by atoms with Crippen LogP contribution in [0.2, 0.25) is 0 Å². The molecule has 0 unspecified atom stereocenters. The molecule has 0 amide bonds. The van der Waals surface area contributed by atoms with Crippen LogP contribution in [0, 0.1) is 0 Å². The van der Waals surface area contributed by atoms with Crippen LogP contribution in [0.5, 0.6) is 5.75 Å². The van der Waals surface area contributed by atoms with Crippen molar-refractivity contribution in [2.75, 3.05) is 5.32 Å². The number of nitrogens with zero attached hydrogens (tertiary/aromatic N) is 1. The van der Waals surface area contributed by atoms with Gasteiger partial charge in [0.2, 0.25) is 0 Å². The molecule has 0 aliphatic carbocycles. The monoisotopic (exact) mass is 300 g/mol. The molecule has 5 heteroatoms. The molecule has 0 fully saturated rings. The number of phenolic OH excluding ortho intramolecular Hbond substituents is 1. The molecule has 21 heavy (non-hydrogen) atoms. The first-order chi connectivity index (χ1) is 10.1. The lowest BCUT2D eigenvalue weighted by Crippen LogP contribution is -1.93. The molecule has 108 valence electrons. The van der Waals surface area contributed by atoms with Crippen LogP contribution in [0.1, 0.15) is 28.4 Å². The summed E-state index contributed by atoms with van der Waals surface area (Å²) in [6.07, 6.45) is 4.37. The van der Waals surface area contributed by atoms with E-state index in [1.165, 1.54) is 23.2 Å². The number of benzene rings is 1. The van der Waals surface area contributed by atoms with E-state index in [2.05, 4.69) is 10.3 Å². The molecule has 1 aromatic heterocycles. The first-order valence-electron chi connectivity index (χ1n) is 6.40. The molecule has 2 N–H and O–H groups in total. The zero-order valence-corrected chi connectivity index (χ0v) is 12.6. The molecule has 2 aromatic rings. The molecule has 1 aromatic carbocycles. The lowest BCUT2D eigenvalue weighted by Gasteiger charge is -1.99. The van der Waals surface area contributed by atoms with Crippen LogP contribution in [-0.2, 0) is 0 Å². The highest BCUT2D eigenvalue weighted by Gasteiger charge is 2.05. The summed E-state index contributed by atoms with van der Waals surface area (Å²) in [6.45, 7) is 4.02. The number of rotatable bonds is 5. The summed E-state index contributed by atoms with van der Waals surface area (Å²) in [5.41, 5.74) is 2.63. The van der Waals surface area contributed by atoms with Crippen LogP contribution in [-0.4, -0.2) is 17.7 Å². The van der Waals surface area contributed by atoms with Gasteiger partial charge in [-0.15, -0.1) is 11.3 Å². The Balaban J connectivity index is 2.12. The SMILES string of the molecule is CC(C)=Cc1cc(N=CNc2ccc(O)cc2)c(C=O)s1. The van der Waals surface area contributed by atoms with Crippen molar-refractivity contribution in [2.45, 2.75) is 13.8 Å². The van der Waals surface area contributed by atoms with E-state index >= 15 is 0 Å². The third-order valence-electron chi connectivity index (χ3n) is 2.60. The molecule has 2 rings (SSSR count). The van der Waals surface area contributed by atoms with Gasteiger partial charge in [0.05, 0.1) is 16.9 Å².